The number of amides is 1. The fourth-order valence-corrected chi connectivity index (χ4v) is 3.83. The number of rotatable bonds is 5. The molecule has 2 atom stereocenters. The van der Waals surface area contributed by atoms with Crippen molar-refractivity contribution in [3.8, 4) is 0 Å². The Morgan fingerprint density at radius 2 is 2.18 bits per heavy atom. The van der Waals surface area contributed by atoms with E-state index in [1.807, 2.05) is 17.3 Å². The van der Waals surface area contributed by atoms with Gasteiger partial charge in [-0.2, -0.15) is 0 Å². The van der Waals surface area contributed by atoms with Crippen molar-refractivity contribution in [1.29, 1.82) is 0 Å². The smallest absolute Gasteiger partial charge is 0.273 e. The number of nitrogens with zero attached hydrogens (tertiary/aromatic N) is 2. The van der Waals surface area contributed by atoms with Crippen LogP contribution in [0.5, 0.6) is 0 Å². The Bertz CT molecular complexity index is 535. The Morgan fingerprint density at radius 1 is 1.55 bits per heavy atom. The second-order valence-corrected chi connectivity index (χ2v) is 7.40. The normalized spacial score (nSPS) is 26.0. The molecule has 22 heavy (non-hydrogen) atoms. The molecule has 1 fully saturated rings. The standard InChI is InChI=1S/C15H25N3O2S.ClH/c1-14(2)11(8-15(14,3)20-5)18(4)13(19)10-9-21-12(17-10)6-7-16;/h9,11H,6-8,16H2,1-5H3;1H. The van der Waals surface area contributed by atoms with Crippen molar-refractivity contribution in [3.05, 3.63) is 16.1 Å². The van der Waals surface area contributed by atoms with E-state index in [1.165, 1.54) is 11.3 Å². The summed E-state index contributed by atoms with van der Waals surface area (Å²) >= 11 is 1.50. The maximum atomic E-state index is 12.6. The van der Waals surface area contributed by atoms with Crippen molar-refractivity contribution >= 4 is 29.7 Å². The Morgan fingerprint density at radius 3 is 2.68 bits per heavy atom. The first-order valence-corrected chi connectivity index (χ1v) is 8.11. The van der Waals surface area contributed by atoms with Gasteiger partial charge in [-0.25, -0.2) is 4.98 Å². The van der Waals surface area contributed by atoms with Crippen molar-refractivity contribution in [2.45, 2.75) is 45.3 Å². The Hall–Kier alpha value is -0.690. The zero-order valence-electron chi connectivity index (χ0n) is 13.9. The number of thiazole rings is 1. The number of ether oxygens (including phenoxy) is 1. The van der Waals surface area contributed by atoms with Crippen molar-refractivity contribution < 1.29 is 9.53 Å². The topological polar surface area (TPSA) is 68.5 Å². The molecule has 7 heteroatoms. The van der Waals surface area contributed by atoms with Crippen LogP contribution in [0.25, 0.3) is 0 Å². The number of nitrogens with two attached hydrogens (primary N) is 1. The lowest BCUT2D eigenvalue weighted by Crippen LogP contribution is -2.68. The number of carbonyl (C=O) groups excluding carboxylic acids is 1. The minimum Gasteiger partial charge on any atom is -0.378 e. The summed E-state index contributed by atoms with van der Waals surface area (Å²) in [6.07, 6.45) is 1.57. The van der Waals surface area contributed by atoms with Crippen LogP contribution in [-0.4, -0.2) is 48.1 Å². The van der Waals surface area contributed by atoms with Crippen LogP contribution >= 0.6 is 23.7 Å². The first-order valence-electron chi connectivity index (χ1n) is 7.23. The third kappa shape index (κ3) is 3.02. The van der Waals surface area contributed by atoms with E-state index in [0.717, 1.165) is 17.8 Å². The Kier molecular flexibility index (Phi) is 6.01. The van der Waals surface area contributed by atoms with E-state index in [4.69, 9.17) is 10.5 Å². The molecule has 0 bridgehead atoms. The SMILES string of the molecule is COC1(C)CC(N(C)C(=O)c2csc(CCN)n2)C1(C)C.Cl. The van der Waals surface area contributed by atoms with Crippen LogP contribution in [0.3, 0.4) is 0 Å². The van der Waals surface area contributed by atoms with Crippen LogP contribution in [-0.2, 0) is 11.2 Å². The second-order valence-electron chi connectivity index (χ2n) is 6.46. The number of methoxy groups -OCH3 is 1. The van der Waals surface area contributed by atoms with Crippen LogP contribution in [0.4, 0.5) is 0 Å². The molecule has 1 aromatic heterocycles. The van der Waals surface area contributed by atoms with E-state index >= 15 is 0 Å². The predicted molar refractivity (Wildman–Crippen MR) is 91.8 cm³/mol. The average Bonchev–Trinajstić information content (AvgIpc) is 2.91. The Balaban J connectivity index is 0.00000242. The molecule has 1 aliphatic rings. The molecule has 5 nitrogen and oxygen atoms in total. The van der Waals surface area contributed by atoms with Gasteiger partial charge in [0.2, 0.25) is 0 Å². The first-order chi connectivity index (χ1) is 9.76. The summed E-state index contributed by atoms with van der Waals surface area (Å²) in [6.45, 7) is 6.95. The summed E-state index contributed by atoms with van der Waals surface area (Å²) in [5, 5.41) is 2.74. The molecule has 0 radical (unpaired) electrons. The lowest BCUT2D eigenvalue weighted by molar-refractivity contribution is -0.198. The highest BCUT2D eigenvalue weighted by atomic mass is 35.5. The molecule has 1 heterocycles. The number of hydrogen-bond acceptors (Lipinski definition) is 5. The number of halogens is 1. The third-order valence-electron chi connectivity index (χ3n) is 5.15. The van der Waals surface area contributed by atoms with E-state index in [9.17, 15) is 4.79 Å². The molecule has 2 N–H and O–H groups in total. The summed E-state index contributed by atoms with van der Waals surface area (Å²) in [4.78, 5) is 18.8. The molecule has 0 aromatic carbocycles. The van der Waals surface area contributed by atoms with Gasteiger partial charge in [-0.05, 0) is 19.9 Å². The molecule has 1 amide bonds. The fraction of sp³-hybridized carbons (Fsp3) is 0.733. The van der Waals surface area contributed by atoms with Gasteiger partial charge in [0.1, 0.15) is 5.69 Å². The summed E-state index contributed by atoms with van der Waals surface area (Å²) < 4.78 is 5.63. The van der Waals surface area contributed by atoms with Gasteiger partial charge in [-0.1, -0.05) is 13.8 Å². The number of aromatic nitrogens is 1. The summed E-state index contributed by atoms with van der Waals surface area (Å²) in [6, 6.07) is 0.162. The molecule has 1 saturated carbocycles. The summed E-state index contributed by atoms with van der Waals surface area (Å²) in [5.41, 5.74) is 5.78. The highest BCUT2D eigenvalue weighted by molar-refractivity contribution is 7.09. The van der Waals surface area contributed by atoms with E-state index in [-0.39, 0.29) is 35.4 Å². The van der Waals surface area contributed by atoms with Gasteiger partial charge in [0.15, 0.2) is 0 Å². The molecule has 0 spiro atoms. The molecule has 1 aliphatic carbocycles. The van der Waals surface area contributed by atoms with Gasteiger partial charge in [-0.3, -0.25) is 4.79 Å². The van der Waals surface area contributed by atoms with E-state index in [0.29, 0.717) is 12.2 Å². The van der Waals surface area contributed by atoms with E-state index in [2.05, 4.69) is 25.8 Å². The molecule has 2 rings (SSSR count). The van der Waals surface area contributed by atoms with E-state index in [1.54, 1.807) is 7.11 Å². The van der Waals surface area contributed by atoms with Gasteiger partial charge in [0, 0.05) is 37.4 Å². The quantitative estimate of drug-likeness (QED) is 0.887. The maximum absolute atomic E-state index is 12.6. The number of carbonyl (C=O) groups is 1. The zero-order chi connectivity index (χ0) is 15.8. The molecule has 1 aromatic rings. The van der Waals surface area contributed by atoms with Gasteiger partial charge >= 0.3 is 0 Å². The highest BCUT2D eigenvalue weighted by Crippen LogP contribution is 2.53. The van der Waals surface area contributed by atoms with Gasteiger partial charge < -0.3 is 15.4 Å². The summed E-state index contributed by atoms with van der Waals surface area (Å²) in [5.74, 6) is -0.0225. The Labute approximate surface area is 142 Å². The fourth-order valence-electron chi connectivity index (χ4n) is 3.05. The van der Waals surface area contributed by atoms with E-state index < -0.39 is 0 Å². The van der Waals surface area contributed by atoms with Crippen LogP contribution in [0, 0.1) is 5.41 Å². The lowest BCUT2D eigenvalue weighted by Gasteiger charge is -2.61. The highest BCUT2D eigenvalue weighted by Gasteiger charge is 2.59. The summed E-state index contributed by atoms with van der Waals surface area (Å²) in [7, 11) is 3.59. The van der Waals surface area contributed by atoms with Crippen molar-refractivity contribution in [1.82, 2.24) is 9.88 Å². The second kappa shape index (κ2) is 6.83. The van der Waals surface area contributed by atoms with Gasteiger partial charge in [0.05, 0.1) is 10.6 Å². The third-order valence-corrected chi connectivity index (χ3v) is 6.05. The lowest BCUT2D eigenvalue weighted by atomic mass is 9.55. The minimum absolute atomic E-state index is 0. The molecule has 126 valence electrons. The first kappa shape index (κ1) is 19.4. The molecule has 0 aliphatic heterocycles. The van der Waals surface area contributed by atoms with Crippen LogP contribution in [0.2, 0.25) is 0 Å². The molecule has 2 unspecified atom stereocenters. The van der Waals surface area contributed by atoms with Crippen molar-refractivity contribution in [2.75, 3.05) is 20.7 Å². The average molecular weight is 348 g/mol. The molecular formula is C15H26ClN3O2S. The molecular weight excluding hydrogens is 322 g/mol. The van der Waals surface area contributed by atoms with Crippen molar-refractivity contribution in [3.63, 3.8) is 0 Å². The van der Waals surface area contributed by atoms with Gasteiger partial charge in [0.25, 0.3) is 5.91 Å². The molecule has 0 saturated heterocycles. The van der Waals surface area contributed by atoms with Crippen LogP contribution in [0.15, 0.2) is 5.38 Å². The predicted octanol–water partition coefficient (Wildman–Crippen LogP) is 2.34. The van der Waals surface area contributed by atoms with Crippen molar-refractivity contribution in [2.24, 2.45) is 11.1 Å². The van der Waals surface area contributed by atoms with Crippen LogP contribution in [0.1, 0.15) is 42.7 Å². The van der Waals surface area contributed by atoms with Crippen LogP contribution < -0.4 is 5.73 Å². The number of hydrogen-bond donors (Lipinski definition) is 1. The monoisotopic (exact) mass is 347 g/mol. The largest absolute Gasteiger partial charge is 0.378 e. The minimum atomic E-state index is -0.182. The zero-order valence-corrected chi connectivity index (χ0v) is 15.5. The maximum Gasteiger partial charge on any atom is 0.273 e. The van der Waals surface area contributed by atoms with Gasteiger partial charge in [-0.15, -0.1) is 23.7 Å².